The van der Waals surface area contributed by atoms with Gasteiger partial charge in [0.1, 0.15) is 11.2 Å². The maximum atomic E-state index is 13.6. The van der Waals surface area contributed by atoms with E-state index in [4.69, 9.17) is 9.72 Å². The predicted octanol–water partition coefficient (Wildman–Crippen LogP) is 3.00. The minimum atomic E-state index is -2.64. The van der Waals surface area contributed by atoms with Gasteiger partial charge >= 0.3 is 0 Å². The molecule has 0 unspecified atom stereocenters. The third-order valence-corrected chi connectivity index (χ3v) is 7.19. The molecular weight excluding hydrogens is 420 g/mol. The molecule has 8 nitrogen and oxygen atoms in total. The largest absolute Gasteiger partial charge is 0.372 e. The Hall–Kier alpha value is -2.36. The molecule has 32 heavy (non-hydrogen) atoms. The van der Waals surface area contributed by atoms with E-state index >= 15 is 0 Å². The number of aromatic amines is 1. The number of hydrogen-bond acceptors (Lipinski definition) is 5. The summed E-state index contributed by atoms with van der Waals surface area (Å²) in [5, 5.41) is 4.67. The van der Waals surface area contributed by atoms with E-state index in [0.29, 0.717) is 49.4 Å². The van der Waals surface area contributed by atoms with Crippen molar-refractivity contribution in [2.24, 2.45) is 5.92 Å². The smallest absolute Gasteiger partial charge is 0.262 e. The van der Waals surface area contributed by atoms with E-state index in [-0.39, 0.29) is 47.8 Å². The number of fused-ring (bicyclic) bond motifs is 1. The molecule has 1 aliphatic heterocycles. The summed E-state index contributed by atoms with van der Waals surface area (Å²) in [7, 11) is 0. The molecule has 2 atom stereocenters. The molecule has 1 saturated heterocycles. The van der Waals surface area contributed by atoms with Crippen molar-refractivity contribution in [2.45, 2.75) is 75.9 Å². The predicted molar refractivity (Wildman–Crippen MR) is 113 cm³/mol. The number of carbonyl (C=O) groups is 1. The van der Waals surface area contributed by atoms with Gasteiger partial charge in [-0.1, -0.05) is 0 Å². The third-order valence-electron chi connectivity index (χ3n) is 7.19. The van der Waals surface area contributed by atoms with Crippen LogP contribution in [0.2, 0.25) is 0 Å². The lowest BCUT2D eigenvalue weighted by Gasteiger charge is -2.43. The fourth-order valence-electron chi connectivity index (χ4n) is 5.23. The minimum absolute atomic E-state index is 0.0726. The van der Waals surface area contributed by atoms with E-state index in [9.17, 15) is 18.4 Å². The van der Waals surface area contributed by atoms with Crippen molar-refractivity contribution in [3.05, 3.63) is 22.4 Å². The summed E-state index contributed by atoms with van der Waals surface area (Å²) in [4.78, 5) is 35.3. The van der Waals surface area contributed by atoms with Crippen LogP contribution >= 0.6 is 0 Å². The highest BCUT2D eigenvalue weighted by molar-refractivity contribution is 5.81. The normalized spacial score (nSPS) is 27.9. The van der Waals surface area contributed by atoms with E-state index in [1.807, 2.05) is 18.7 Å². The first-order valence-electron chi connectivity index (χ1n) is 11.4. The number of halogens is 2. The Morgan fingerprint density at radius 3 is 2.62 bits per heavy atom. The van der Waals surface area contributed by atoms with Crippen molar-refractivity contribution in [1.82, 2.24) is 24.6 Å². The number of morpholine rings is 1. The lowest BCUT2D eigenvalue weighted by Crippen LogP contribution is -2.54. The first-order valence-corrected chi connectivity index (χ1v) is 11.4. The Morgan fingerprint density at radius 1 is 1.22 bits per heavy atom. The van der Waals surface area contributed by atoms with Crippen molar-refractivity contribution in [3.63, 3.8) is 0 Å². The van der Waals surface area contributed by atoms with Gasteiger partial charge in [-0.15, -0.1) is 0 Å². The van der Waals surface area contributed by atoms with Crippen LogP contribution in [0.1, 0.15) is 70.2 Å². The molecule has 2 saturated carbocycles. The third kappa shape index (κ3) is 3.82. The molecule has 3 heterocycles. The van der Waals surface area contributed by atoms with Gasteiger partial charge in [-0.25, -0.2) is 18.4 Å². The first-order chi connectivity index (χ1) is 15.1. The number of aromatic nitrogens is 4. The van der Waals surface area contributed by atoms with Gasteiger partial charge in [-0.05, 0) is 39.5 Å². The second kappa shape index (κ2) is 7.60. The zero-order valence-corrected chi connectivity index (χ0v) is 18.4. The zero-order chi connectivity index (χ0) is 22.7. The van der Waals surface area contributed by atoms with Gasteiger partial charge in [0.2, 0.25) is 11.8 Å². The molecule has 2 aromatic heterocycles. The molecule has 174 valence electrons. The minimum Gasteiger partial charge on any atom is -0.372 e. The van der Waals surface area contributed by atoms with E-state index in [2.05, 4.69) is 10.1 Å². The highest BCUT2D eigenvalue weighted by Crippen LogP contribution is 2.43. The van der Waals surface area contributed by atoms with E-state index in [1.165, 1.54) is 6.20 Å². The average Bonchev–Trinajstić information content (AvgIpc) is 3.11. The number of carbonyl (C=O) groups excluding carboxylic acids is 1. The molecule has 3 aliphatic rings. The topological polar surface area (TPSA) is 93.1 Å². The number of alkyl halides is 2. The van der Waals surface area contributed by atoms with Crippen LogP contribution in [0.15, 0.2) is 11.0 Å². The molecule has 3 fully saturated rings. The lowest BCUT2D eigenvalue weighted by molar-refractivity contribution is -0.153. The molecule has 0 bridgehead atoms. The molecular formula is C22H29F2N5O3. The highest BCUT2D eigenvalue weighted by atomic mass is 19.3. The molecule has 0 aromatic carbocycles. The van der Waals surface area contributed by atoms with Gasteiger partial charge in [-0.2, -0.15) is 5.10 Å². The van der Waals surface area contributed by atoms with Crippen LogP contribution in [0.4, 0.5) is 8.78 Å². The number of H-pyrrole nitrogens is 1. The summed E-state index contributed by atoms with van der Waals surface area (Å²) >= 11 is 0. The van der Waals surface area contributed by atoms with Crippen molar-refractivity contribution >= 4 is 16.9 Å². The van der Waals surface area contributed by atoms with E-state index in [0.717, 1.165) is 12.8 Å². The maximum absolute atomic E-state index is 13.6. The SMILES string of the molecule is CC1(C)CN(C(=O)[C@H]2CC[C@@H]2c2nc3c(cnn3C3CCC(F)(F)CC3)c(=O)[nH]2)CCO1. The van der Waals surface area contributed by atoms with Crippen LogP contribution in [0.3, 0.4) is 0 Å². The van der Waals surface area contributed by atoms with Crippen LogP contribution in [-0.4, -0.2) is 61.8 Å². The number of nitrogens with one attached hydrogen (secondary N) is 1. The Labute approximate surface area is 184 Å². The molecule has 0 radical (unpaired) electrons. The van der Waals surface area contributed by atoms with Crippen LogP contribution in [0.5, 0.6) is 0 Å². The van der Waals surface area contributed by atoms with Gasteiger partial charge in [-0.3, -0.25) is 9.59 Å². The zero-order valence-electron chi connectivity index (χ0n) is 18.4. The summed E-state index contributed by atoms with van der Waals surface area (Å²) in [5.41, 5.74) is -0.255. The Bertz CT molecular complexity index is 1080. The monoisotopic (exact) mass is 449 g/mol. The average molecular weight is 450 g/mol. The van der Waals surface area contributed by atoms with Crippen molar-refractivity contribution in [1.29, 1.82) is 0 Å². The van der Waals surface area contributed by atoms with Crippen LogP contribution < -0.4 is 5.56 Å². The van der Waals surface area contributed by atoms with Crippen molar-refractivity contribution in [3.8, 4) is 0 Å². The summed E-state index contributed by atoms with van der Waals surface area (Å²) in [6, 6.07) is -0.205. The second-order valence-electron chi connectivity index (χ2n) is 10.0. The fraction of sp³-hybridized carbons (Fsp3) is 0.727. The quantitative estimate of drug-likeness (QED) is 0.778. The molecule has 2 aromatic rings. The van der Waals surface area contributed by atoms with Gasteiger partial charge in [0.05, 0.1) is 24.4 Å². The molecule has 2 aliphatic carbocycles. The van der Waals surface area contributed by atoms with Gasteiger partial charge < -0.3 is 14.6 Å². The first kappa shape index (κ1) is 21.5. The van der Waals surface area contributed by atoms with Crippen molar-refractivity contribution in [2.75, 3.05) is 19.7 Å². The summed E-state index contributed by atoms with van der Waals surface area (Å²) in [5.74, 6) is -2.46. The maximum Gasteiger partial charge on any atom is 0.262 e. The van der Waals surface area contributed by atoms with Gasteiger partial charge in [0.15, 0.2) is 5.65 Å². The Kier molecular flexibility index (Phi) is 5.11. The number of hydrogen-bond donors (Lipinski definition) is 1. The molecule has 10 heteroatoms. The van der Waals surface area contributed by atoms with Gasteiger partial charge in [0, 0.05) is 37.8 Å². The number of nitrogens with zero attached hydrogens (tertiary/aromatic N) is 4. The van der Waals surface area contributed by atoms with Gasteiger partial charge in [0.25, 0.3) is 5.56 Å². The number of amides is 1. The fourth-order valence-corrected chi connectivity index (χ4v) is 5.23. The molecule has 5 rings (SSSR count). The standard InChI is InChI=1S/C22H29F2N5O3/c1-21(2)12-28(9-10-32-21)20(31)15-4-3-14(15)17-26-18-16(19(30)27-17)11-25-29(18)13-5-7-22(23,24)8-6-13/h11,13-15H,3-10,12H2,1-2H3,(H,26,27,30)/t14-,15-/m0/s1. The molecule has 0 spiro atoms. The van der Waals surface area contributed by atoms with Crippen molar-refractivity contribution < 1.29 is 18.3 Å². The second-order valence-corrected chi connectivity index (χ2v) is 10.0. The highest BCUT2D eigenvalue weighted by Gasteiger charge is 2.43. The Morgan fingerprint density at radius 2 is 1.97 bits per heavy atom. The summed E-state index contributed by atoms with van der Waals surface area (Å²) in [6.07, 6.45) is 3.18. The summed E-state index contributed by atoms with van der Waals surface area (Å²) in [6.45, 7) is 5.56. The van der Waals surface area contributed by atoms with Crippen LogP contribution in [0, 0.1) is 5.92 Å². The summed E-state index contributed by atoms with van der Waals surface area (Å²) < 4.78 is 34.5. The molecule has 1 amide bonds. The number of rotatable bonds is 3. The number of ether oxygens (including phenoxy) is 1. The lowest BCUT2D eigenvalue weighted by atomic mass is 9.72. The van der Waals surface area contributed by atoms with Crippen LogP contribution in [-0.2, 0) is 9.53 Å². The van der Waals surface area contributed by atoms with E-state index < -0.39 is 5.92 Å². The Balaban J connectivity index is 1.40. The van der Waals surface area contributed by atoms with E-state index in [1.54, 1.807) is 4.68 Å². The van der Waals surface area contributed by atoms with Crippen LogP contribution in [0.25, 0.3) is 11.0 Å². The molecule has 1 N–H and O–H groups in total.